The van der Waals surface area contributed by atoms with Gasteiger partial charge in [-0.2, -0.15) is 0 Å². The van der Waals surface area contributed by atoms with Gasteiger partial charge in [-0.25, -0.2) is 4.39 Å². The largest absolute Gasteiger partial charge is 0.493 e. The standard InChI is InChI=1S/C29H38FN3O3/c1-29(2,30)20-32-17-14-21(15-18-32)19-36-25-12-10-23(11-13-25)22-6-8-24(9-7-22)28(35)33-16-4-3-5-26(33)27(31)34/h6-13,21,26H,3-5,14-20H2,1-2H3,(H2,31,34). The van der Waals surface area contributed by atoms with Gasteiger partial charge in [0.15, 0.2) is 0 Å². The molecule has 1 atom stereocenters. The van der Waals surface area contributed by atoms with Crippen molar-refractivity contribution in [2.45, 2.75) is 57.7 Å². The summed E-state index contributed by atoms with van der Waals surface area (Å²) in [6.45, 7) is 6.82. The van der Waals surface area contributed by atoms with Gasteiger partial charge in [0.2, 0.25) is 5.91 Å². The molecule has 0 spiro atoms. The number of piperidine rings is 2. The summed E-state index contributed by atoms with van der Waals surface area (Å²) in [7, 11) is 0. The summed E-state index contributed by atoms with van der Waals surface area (Å²) in [5, 5.41) is 0. The van der Waals surface area contributed by atoms with E-state index < -0.39 is 17.6 Å². The molecule has 2 aromatic carbocycles. The first kappa shape index (κ1) is 26.1. The van der Waals surface area contributed by atoms with Gasteiger partial charge in [-0.15, -0.1) is 0 Å². The molecule has 0 aromatic heterocycles. The van der Waals surface area contributed by atoms with Crippen LogP contribution >= 0.6 is 0 Å². The van der Waals surface area contributed by atoms with Gasteiger partial charge >= 0.3 is 0 Å². The molecule has 2 aromatic rings. The molecule has 0 radical (unpaired) electrons. The zero-order valence-electron chi connectivity index (χ0n) is 21.4. The minimum atomic E-state index is -1.15. The van der Waals surface area contributed by atoms with Crippen LogP contribution in [0, 0.1) is 5.92 Å². The van der Waals surface area contributed by atoms with Gasteiger partial charge in [-0.1, -0.05) is 24.3 Å². The smallest absolute Gasteiger partial charge is 0.254 e. The molecular formula is C29H38FN3O3. The fraction of sp³-hybridized carbons (Fsp3) is 0.517. The molecule has 7 heteroatoms. The molecule has 0 saturated carbocycles. The molecule has 36 heavy (non-hydrogen) atoms. The average Bonchev–Trinajstić information content (AvgIpc) is 2.87. The predicted octanol–water partition coefficient (Wildman–Crippen LogP) is 4.67. The summed E-state index contributed by atoms with van der Waals surface area (Å²) >= 11 is 0. The Morgan fingerprint density at radius 1 is 0.944 bits per heavy atom. The van der Waals surface area contributed by atoms with E-state index in [1.165, 1.54) is 0 Å². The molecule has 194 valence electrons. The second-order valence-corrected chi connectivity index (χ2v) is 10.8. The van der Waals surface area contributed by atoms with E-state index in [4.69, 9.17) is 10.5 Å². The van der Waals surface area contributed by atoms with Crippen molar-refractivity contribution in [3.63, 3.8) is 0 Å². The van der Waals surface area contributed by atoms with E-state index in [1.54, 1.807) is 18.7 Å². The van der Waals surface area contributed by atoms with E-state index in [9.17, 15) is 14.0 Å². The first-order valence-electron chi connectivity index (χ1n) is 13.0. The number of halogens is 1. The van der Waals surface area contributed by atoms with Crippen LogP contribution in [0.2, 0.25) is 0 Å². The van der Waals surface area contributed by atoms with E-state index in [0.717, 1.165) is 55.6 Å². The molecular weight excluding hydrogens is 457 g/mol. The van der Waals surface area contributed by atoms with E-state index >= 15 is 0 Å². The first-order chi connectivity index (χ1) is 17.2. The maximum Gasteiger partial charge on any atom is 0.254 e. The highest BCUT2D eigenvalue weighted by atomic mass is 19.1. The Kier molecular flexibility index (Phi) is 8.29. The monoisotopic (exact) mass is 495 g/mol. The molecule has 0 aliphatic carbocycles. The van der Waals surface area contributed by atoms with Crippen molar-refractivity contribution in [3.8, 4) is 16.9 Å². The van der Waals surface area contributed by atoms with Crippen LogP contribution in [0.15, 0.2) is 48.5 Å². The zero-order valence-corrected chi connectivity index (χ0v) is 21.4. The number of likely N-dealkylation sites (tertiary alicyclic amines) is 2. The SMILES string of the molecule is CC(C)(F)CN1CCC(COc2ccc(-c3ccc(C(=O)N4CCCCC4C(N)=O)cc3)cc2)CC1. The number of amides is 2. The molecule has 2 aliphatic heterocycles. The summed E-state index contributed by atoms with van der Waals surface area (Å²) in [6.07, 6.45) is 4.48. The summed E-state index contributed by atoms with van der Waals surface area (Å²) in [4.78, 5) is 28.5. The zero-order chi connectivity index (χ0) is 25.7. The predicted molar refractivity (Wildman–Crippen MR) is 140 cm³/mol. The molecule has 0 bridgehead atoms. The van der Waals surface area contributed by atoms with Gasteiger partial charge in [-0.3, -0.25) is 9.59 Å². The van der Waals surface area contributed by atoms with Crippen molar-refractivity contribution in [2.24, 2.45) is 11.7 Å². The number of carbonyl (C=O) groups is 2. The van der Waals surface area contributed by atoms with Crippen LogP contribution in [0.4, 0.5) is 4.39 Å². The van der Waals surface area contributed by atoms with Gasteiger partial charge in [0, 0.05) is 18.7 Å². The Morgan fingerprint density at radius 3 is 2.14 bits per heavy atom. The number of rotatable bonds is 8. The lowest BCUT2D eigenvalue weighted by molar-refractivity contribution is -0.123. The molecule has 6 nitrogen and oxygen atoms in total. The number of ether oxygens (including phenoxy) is 1. The van der Waals surface area contributed by atoms with Crippen molar-refractivity contribution in [3.05, 3.63) is 54.1 Å². The Morgan fingerprint density at radius 2 is 1.56 bits per heavy atom. The quantitative estimate of drug-likeness (QED) is 0.577. The number of benzene rings is 2. The summed E-state index contributed by atoms with van der Waals surface area (Å²) in [5.41, 5.74) is 6.97. The number of hydrogen-bond donors (Lipinski definition) is 1. The Hall–Kier alpha value is -2.93. The number of alkyl halides is 1. The second kappa shape index (κ2) is 11.4. The van der Waals surface area contributed by atoms with Crippen LogP contribution in [-0.2, 0) is 4.79 Å². The third kappa shape index (κ3) is 6.84. The maximum atomic E-state index is 13.9. The van der Waals surface area contributed by atoms with E-state index in [2.05, 4.69) is 4.90 Å². The Labute approximate surface area is 213 Å². The lowest BCUT2D eigenvalue weighted by Crippen LogP contribution is -2.50. The van der Waals surface area contributed by atoms with E-state index in [1.807, 2.05) is 48.5 Å². The molecule has 2 amide bonds. The highest BCUT2D eigenvalue weighted by Gasteiger charge is 2.31. The van der Waals surface area contributed by atoms with Crippen molar-refractivity contribution < 1.29 is 18.7 Å². The lowest BCUT2D eigenvalue weighted by atomic mass is 9.97. The van der Waals surface area contributed by atoms with Gasteiger partial charge in [0.05, 0.1) is 6.61 Å². The fourth-order valence-corrected chi connectivity index (χ4v) is 5.24. The fourth-order valence-electron chi connectivity index (χ4n) is 5.24. The molecule has 1 unspecified atom stereocenters. The second-order valence-electron chi connectivity index (χ2n) is 10.8. The average molecular weight is 496 g/mol. The summed E-state index contributed by atoms with van der Waals surface area (Å²) < 4.78 is 19.9. The maximum absolute atomic E-state index is 13.9. The van der Waals surface area contributed by atoms with Gasteiger partial charge in [0.1, 0.15) is 17.5 Å². The Balaban J connectivity index is 1.29. The highest BCUT2D eigenvalue weighted by molar-refractivity contribution is 5.97. The summed E-state index contributed by atoms with van der Waals surface area (Å²) in [5.74, 6) is 0.740. The van der Waals surface area contributed by atoms with Crippen LogP contribution < -0.4 is 10.5 Å². The number of nitrogens with zero attached hydrogens (tertiary/aromatic N) is 2. The summed E-state index contributed by atoms with van der Waals surface area (Å²) in [6, 6.07) is 14.9. The van der Waals surface area contributed by atoms with Crippen LogP contribution in [-0.4, -0.2) is 66.1 Å². The van der Waals surface area contributed by atoms with E-state index in [-0.39, 0.29) is 5.91 Å². The number of nitrogens with two attached hydrogens (primary N) is 1. The van der Waals surface area contributed by atoms with Crippen molar-refractivity contribution in [1.29, 1.82) is 0 Å². The highest BCUT2D eigenvalue weighted by Crippen LogP contribution is 2.26. The van der Waals surface area contributed by atoms with Gasteiger partial charge in [0.25, 0.3) is 5.91 Å². The van der Waals surface area contributed by atoms with Gasteiger partial charge < -0.3 is 20.3 Å². The topological polar surface area (TPSA) is 75.9 Å². The molecule has 2 fully saturated rings. The van der Waals surface area contributed by atoms with Crippen LogP contribution in [0.5, 0.6) is 5.75 Å². The minimum Gasteiger partial charge on any atom is -0.493 e. The van der Waals surface area contributed by atoms with E-state index in [0.29, 0.717) is 37.6 Å². The molecule has 2 N–H and O–H groups in total. The van der Waals surface area contributed by atoms with Gasteiger partial charge in [-0.05, 0) is 100 Å². The van der Waals surface area contributed by atoms with Crippen LogP contribution in [0.1, 0.15) is 56.3 Å². The lowest BCUT2D eigenvalue weighted by Gasteiger charge is -2.34. The van der Waals surface area contributed by atoms with Crippen molar-refractivity contribution in [1.82, 2.24) is 9.80 Å². The number of carbonyl (C=O) groups excluding carboxylic acids is 2. The molecule has 2 saturated heterocycles. The Bertz CT molecular complexity index is 1030. The third-order valence-corrected chi connectivity index (χ3v) is 7.20. The minimum absolute atomic E-state index is 0.145. The van der Waals surface area contributed by atoms with Crippen molar-refractivity contribution in [2.75, 3.05) is 32.8 Å². The number of primary amides is 1. The normalized spacial score (nSPS) is 19.8. The number of hydrogen-bond acceptors (Lipinski definition) is 4. The molecule has 4 rings (SSSR count). The van der Waals surface area contributed by atoms with Crippen molar-refractivity contribution >= 4 is 11.8 Å². The van der Waals surface area contributed by atoms with Crippen LogP contribution in [0.3, 0.4) is 0 Å². The first-order valence-corrected chi connectivity index (χ1v) is 13.0. The molecule has 2 heterocycles. The third-order valence-electron chi connectivity index (χ3n) is 7.20. The molecule has 2 aliphatic rings. The van der Waals surface area contributed by atoms with Crippen LogP contribution in [0.25, 0.3) is 11.1 Å².